The fourth-order valence-electron chi connectivity index (χ4n) is 2.36. The number of aromatic nitrogens is 3. The Morgan fingerprint density at radius 3 is 2.89 bits per heavy atom. The highest BCUT2D eigenvalue weighted by atomic mass is 16.4. The van der Waals surface area contributed by atoms with Gasteiger partial charge in [-0.25, -0.2) is 9.78 Å². The van der Waals surface area contributed by atoms with Crippen LogP contribution in [0.25, 0.3) is 11.0 Å². The second-order valence-electron chi connectivity index (χ2n) is 5.13. The molecule has 2 N–H and O–H groups in total. The average molecular weight is 260 g/mol. The molecule has 1 saturated carbocycles. The van der Waals surface area contributed by atoms with Crippen LogP contribution in [0.5, 0.6) is 0 Å². The molecule has 1 fully saturated rings. The van der Waals surface area contributed by atoms with Crippen molar-refractivity contribution >= 4 is 22.7 Å². The van der Waals surface area contributed by atoms with Gasteiger partial charge in [-0.1, -0.05) is 0 Å². The van der Waals surface area contributed by atoms with Gasteiger partial charge in [0.2, 0.25) is 0 Å². The van der Waals surface area contributed by atoms with E-state index in [1.54, 1.807) is 17.9 Å². The lowest BCUT2D eigenvalue weighted by Crippen LogP contribution is -2.19. The molecule has 3 rings (SSSR count). The van der Waals surface area contributed by atoms with E-state index in [1.807, 2.05) is 0 Å². The third-order valence-electron chi connectivity index (χ3n) is 3.69. The van der Waals surface area contributed by atoms with Gasteiger partial charge in [-0.3, -0.25) is 4.68 Å². The summed E-state index contributed by atoms with van der Waals surface area (Å²) in [5, 5.41) is 17.5. The lowest BCUT2D eigenvalue weighted by molar-refractivity contribution is 0.0697. The molecule has 2 aromatic heterocycles. The molecule has 0 aromatic carbocycles. The van der Waals surface area contributed by atoms with Crippen LogP contribution in [-0.4, -0.2) is 31.9 Å². The summed E-state index contributed by atoms with van der Waals surface area (Å²) in [4.78, 5) is 15.5. The lowest BCUT2D eigenvalue weighted by Gasteiger charge is -2.16. The van der Waals surface area contributed by atoms with Gasteiger partial charge in [0.1, 0.15) is 5.56 Å². The minimum absolute atomic E-state index is 0.202. The van der Waals surface area contributed by atoms with Gasteiger partial charge >= 0.3 is 5.97 Å². The zero-order chi connectivity index (χ0) is 13.6. The van der Waals surface area contributed by atoms with Crippen LogP contribution in [0.4, 0.5) is 5.69 Å². The number of aryl methyl sites for hydroxylation is 1. The van der Waals surface area contributed by atoms with E-state index < -0.39 is 5.97 Å². The smallest absolute Gasteiger partial charge is 0.339 e. The van der Waals surface area contributed by atoms with Crippen LogP contribution in [0, 0.1) is 5.92 Å². The molecule has 1 atom stereocenters. The minimum Gasteiger partial charge on any atom is -0.478 e. The molecule has 0 spiro atoms. The van der Waals surface area contributed by atoms with Crippen molar-refractivity contribution in [1.29, 1.82) is 0 Å². The fraction of sp³-hybridized carbons (Fsp3) is 0.462. The summed E-state index contributed by atoms with van der Waals surface area (Å²) in [6.07, 6.45) is 5.47. The molecule has 0 amide bonds. The SMILES string of the molecule is CC(Nc1c(C(=O)O)cnc2c1cnn2C)C1CC1. The molecule has 6 nitrogen and oxygen atoms in total. The minimum atomic E-state index is -0.969. The van der Waals surface area contributed by atoms with Gasteiger partial charge in [-0.2, -0.15) is 5.10 Å². The normalized spacial score (nSPS) is 16.5. The zero-order valence-corrected chi connectivity index (χ0v) is 10.9. The molecule has 6 heteroatoms. The highest BCUT2D eigenvalue weighted by Gasteiger charge is 2.29. The first-order valence-corrected chi connectivity index (χ1v) is 6.38. The van der Waals surface area contributed by atoms with Gasteiger partial charge in [-0.05, 0) is 25.7 Å². The first-order chi connectivity index (χ1) is 9.08. The topological polar surface area (TPSA) is 80.0 Å². The second kappa shape index (κ2) is 4.22. The van der Waals surface area contributed by atoms with Crippen LogP contribution in [-0.2, 0) is 7.05 Å². The van der Waals surface area contributed by atoms with Crippen LogP contribution in [0.3, 0.4) is 0 Å². The standard InChI is InChI=1S/C13H16N4O2/c1-7(8-3-4-8)16-11-9-6-15-17(2)12(9)14-5-10(11)13(18)19/h5-8H,3-4H2,1-2H3,(H,14,16)(H,18,19). The van der Waals surface area contributed by atoms with Crippen molar-refractivity contribution in [2.75, 3.05) is 5.32 Å². The molecule has 1 aliphatic rings. The Morgan fingerprint density at radius 2 is 2.26 bits per heavy atom. The largest absolute Gasteiger partial charge is 0.478 e. The number of carbonyl (C=O) groups is 1. The van der Waals surface area contributed by atoms with Crippen molar-refractivity contribution < 1.29 is 9.90 Å². The highest BCUT2D eigenvalue weighted by molar-refractivity contribution is 6.03. The van der Waals surface area contributed by atoms with Crippen LogP contribution in [0.1, 0.15) is 30.1 Å². The molecular formula is C13H16N4O2. The van der Waals surface area contributed by atoms with Crippen molar-refractivity contribution in [3.05, 3.63) is 18.0 Å². The van der Waals surface area contributed by atoms with E-state index in [4.69, 9.17) is 0 Å². The summed E-state index contributed by atoms with van der Waals surface area (Å²) in [5.74, 6) is -0.328. The van der Waals surface area contributed by atoms with Gasteiger partial charge in [0.25, 0.3) is 0 Å². The number of fused-ring (bicyclic) bond motifs is 1. The predicted octanol–water partition coefficient (Wildman–Crippen LogP) is 1.88. The van der Waals surface area contributed by atoms with Gasteiger partial charge in [0.15, 0.2) is 5.65 Å². The first kappa shape index (κ1) is 12.0. The van der Waals surface area contributed by atoms with Crippen molar-refractivity contribution in [2.24, 2.45) is 13.0 Å². The van der Waals surface area contributed by atoms with E-state index in [1.165, 1.54) is 19.0 Å². The number of carboxylic acids is 1. The van der Waals surface area contributed by atoms with Gasteiger partial charge < -0.3 is 10.4 Å². The Balaban J connectivity index is 2.10. The summed E-state index contributed by atoms with van der Waals surface area (Å²) < 4.78 is 1.65. The molecule has 1 unspecified atom stereocenters. The Labute approximate surface area is 110 Å². The molecule has 0 bridgehead atoms. The van der Waals surface area contributed by atoms with Crippen LogP contribution in [0.15, 0.2) is 12.4 Å². The Kier molecular flexibility index (Phi) is 2.66. The Bertz CT molecular complexity index is 645. The number of hydrogen-bond donors (Lipinski definition) is 2. The number of nitrogens with one attached hydrogen (secondary N) is 1. The van der Waals surface area contributed by atoms with Crippen molar-refractivity contribution in [2.45, 2.75) is 25.8 Å². The molecule has 1 aliphatic carbocycles. The third-order valence-corrected chi connectivity index (χ3v) is 3.69. The molecule has 19 heavy (non-hydrogen) atoms. The molecule has 2 heterocycles. The summed E-state index contributed by atoms with van der Waals surface area (Å²) >= 11 is 0. The van der Waals surface area contributed by atoms with Crippen LogP contribution < -0.4 is 5.32 Å². The van der Waals surface area contributed by atoms with E-state index >= 15 is 0 Å². The number of anilines is 1. The van der Waals surface area contributed by atoms with E-state index in [2.05, 4.69) is 22.3 Å². The molecule has 0 saturated heterocycles. The number of rotatable bonds is 4. The van der Waals surface area contributed by atoms with E-state index in [-0.39, 0.29) is 11.6 Å². The maximum atomic E-state index is 11.3. The molecule has 100 valence electrons. The number of nitrogens with zero attached hydrogens (tertiary/aromatic N) is 3. The monoisotopic (exact) mass is 260 g/mol. The Morgan fingerprint density at radius 1 is 1.53 bits per heavy atom. The predicted molar refractivity (Wildman–Crippen MR) is 71.3 cm³/mol. The maximum Gasteiger partial charge on any atom is 0.339 e. The van der Waals surface area contributed by atoms with Crippen LogP contribution in [0.2, 0.25) is 0 Å². The Hall–Kier alpha value is -2.11. The number of hydrogen-bond acceptors (Lipinski definition) is 4. The fourth-order valence-corrected chi connectivity index (χ4v) is 2.36. The average Bonchev–Trinajstić information content (AvgIpc) is 3.15. The van der Waals surface area contributed by atoms with Gasteiger partial charge in [-0.15, -0.1) is 0 Å². The number of carboxylic acid groups (broad SMARTS) is 1. The van der Waals surface area contributed by atoms with Crippen molar-refractivity contribution in [3.8, 4) is 0 Å². The summed E-state index contributed by atoms with van der Waals surface area (Å²) in [7, 11) is 1.80. The summed E-state index contributed by atoms with van der Waals surface area (Å²) in [6, 6.07) is 0.268. The quantitative estimate of drug-likeness (QED) is 0.877. The summed E-state index contributed by atoms with van der Waals surface area (Å²) in [6.45, 7) is 2.09. The molecule has 0 aliphatic heterocycles. The highest BCUT2D eigenvalue weighted by Crippen LogP contribution is 2.35. The molecule has 0 radical (unpaired) electrons. The summed E-state index contributed by atoms with van der Waals surface area (Å²) in [5.41, 5.74) is 1.52. The van der Waals surface area contributed by atoms with E-state index in [9.17, 15) is 9.90 Å². The number of pyridine rings is 1. The van der Waals surface area contributed by atoms with Crippen LogP contribution >= 0.6 is 0 Å². The van der Waals surface area contributed by atoms with Crippen molar-refractivity contribution in [3.63, 3.8) is 0 Å². The molecular weight excluding hydrogens is 244 g/mol. The van der Waals surface area contributed by atoms with Gasteiger partial charge in [0.05, 0.1) is 17.3 Å². The molecule has 2 aromatic rings. The van der Waals surface area contributed by atoms with E-state index in [0.29, 0.717) is 17.3 Å². The van der Waals surface area contributed by atoms with Crippen molar-refractivity contribution in [1.82, 2.24) is 14.8 Å². The second-order valence-corrected chi connectivity index (χ2v) is 5.13. The number of aromatic carboxylic acids is 1. The third kappa shape index (κ3) is 2.03. The lowest BCUT2D eigenvalue weighted by atomic mass is 10.1. The van der Waals surface area contributed by atoms with E-state index in [0.717, 1.165) is 5.39 Å². The maximum absolute atomic E-state index is 11.3. The van der Waals surface area contributed by atoms with Gasteiger partial charge in [0, 0.05) is 19.3 Å². The zero-order valence-electron chi connectivity index (χ0n) is 10.9. The first-order valence-electron chi connectivity index (χ1n) is 6.38.